The van der Waals surface area contributed by atoms with Crippen LogP contribution in [0.3, 0.4) is 0 Å². The molecule has 1 aliphatic heterocycles. The maximum Gasteiger partial charge on any atom is 0.0931 e. The Hall–Kier alpha value is -1.13. The summed E-state index contributed by atoms with van der Waals surface area (Å²) in [5.74, 6) is 0.584. The summed E-state index contributed by atoms with van der Waals surface area (Å²) in [6.07, 6.45) is 4.58. The number of pyridine rings is 1. The smallest absolute Gasteiger partial charge is 0.0931 e. The number of aliphatic hydroxyl groups excluding tert-OH is 2. The van der Waals surface area contributed by atoms with Gasteiger partial charge in [-0.15, -0.1) is 0 Å². The minimum Gasteiger partial charge on any atom is -0.396 e. The van der Waals surface area contributed by atoms with Crippen LogP contribution in [0.4, 0.5) is 5.69 Å². The second-order valence-corrected chi connectivity index (χ2v) is 5.08. The summed E-state index contributed by atoms with van der Waals surface area (Å²) in [6.45, 7) is 4.05. The summed E-state index contributed by atoms with van der Waals surface area (Å²) in [4.78, 5) is 6.61. The van der Waals surface area contributed by atoms with E-state index < -0.39 is 6.10 Å². The maximum atomic E-state index is 9.43. The predicted molar refractivity (Wildman–Crippen MR) is 71.5 cm³/mol. The highest BCUT2D eigenvalue weighted by molar-refractivity contribution is 5.45. The molecular weight excluding hydrogens is 228 g/mol. The molecule has 0 radical (unpaired) electrons. The summed E-state index contributed by atoms with van der Waals surface area (Å²) in [5, 5.41) is 18.4. The number of rotatable bonds is 4. The third kappa shape index (κ3) is 3.21. The van der Waals surface area contributed by atoms with Gasteiger partial charge in [0.1, 0.15) is 0 Å². The first-order valence-electron chi connectivity index (χ1n) is 6.70. The molecule has 100 valence electrons. The van der Waals surface area contributed by atoms with Crippen LogP contribution < -0.4 is 4.90 Å². The van der Waals surface area contributed by atoms with E-state index >= 15 is 0 Å². The number of piperidine rings is 1. The van der Waals surface area contributed by atoms with Gasteiger partial charge >= 0.3 is 0 Å². The fourth-order valence-corrected chi connectivity index (χ4v) is 2.55. The highest BCUT2D eigenvalue weighted by Crippen LogP contribution is 2.25. The Morgan fingerprint density at radius 2 is 2.33 bits per heavy atom. The first-order chi connectivity index (χ1) is 8.70. The van der Waals surface area contributed by atoms with Crippen LogP contribution in [0.2, 0.25) is 0 Å². The summed E-state index contributed by atoms with van der Waals surface area (Å²) in [7, 11) is 0. The number of nitrogens with zero attached hydrogens (tertiary/aromatic N) is 2. The van der Waals surface area contributed by atoms with Crippen LogP contribution in [0.5, 0.6) is 0 Å². The Morgan fingerprint density at radius 3 is 2.94 bits per heavy atom. The van der Waals surface area contributed by atoms with Gasteiger partial charge in [-0.3, -0.25) is 4.98 Å². The predicted octanol–water partition coefficient (Wildman–Crippen LogP) is 1.73. The summed E-state index contributed by atoms with van der Waals surface area (Å²) in [6, 6.07) is 3.91. The second-order valence-electron chi connectivity index (χ2n) is 5.08. The molecule has 0 saturated carbocycles. The van der Waals surface area contributed by atoms with Gasteiger partial charge in [-0.05, 0) is 44.2 Å². The van der Waals surface area contributed by atoms with Crippen molar-refractivity contribution >= 4 is 5.69 Å². The van der Waals surface area contributed by atoms with Crippen molar-refractivity contribution in [3.63, 3.8) is 0 Å². The van der Waals surface area contributed by atoms with Gasteiger partial charge in [-0.2, -0.15) is 0 Å². The Morgan fingerprint density at radius 1 is 1.50 bits per heavy atom. The maximum absolute atomic E-state index is 9.43. The van der Waals surface area contributed by atoms with Gasteiger partial charge in [0.15, 0.2) is 0 Å². The Balaban J connectivity index is 2.02. The van der Waals surface area contributed by atoms with Crippen LogP contribution in [0.1, 0.15) is 38.0 Å². The standard InChI is InChI=1S/C14H22N2O2/c1-11(18)14-5-4-13(9-15-14)16-7-2-3-12(10-16)6-8-17/h4-5,9,11-12,17-18H,2-3,6-8,10H2,1H3. The molecule has 2 heterocycles. The van der Waals surface area contributed by atoms with E-state index in [1.54, 1.807) is 6.92 Å². The molecule has 1 saturated heterocycles. The Bertz CT molecular complexity index is 363. The number of hydrogen-bond donors (Lipinski definition) is 2. The average molecular weight is 250 g/mol. The third-order valence-corrected chi connectivity index (χ3v) is 3.62. The molecule has 4 heteroatoms. The first kappa shape index (κ1) is 13.3. The zero-order valence-electron chi connectivity index (χ0n) is 10.9. The van der Waals surface area contributed by atoms with E-state index in [-0.39, 0.29) is 6.61 Å². The van der Waals surface area contributed by atoms with Gasteiger partial charge in [0.2, 0.25) is 0 Å². The SMILES string of the molecule is CC(O)c1ccc(N2CCCC(CCO)C2)cn1. The van der Waals surface area contributed by atoms with Crippen molar-refractivity contribution in [2.45, 2.75) is 32.3 Å². The van der Waals surface area contributed by atoms with Gasteiger partial charge in [0.25, 0.3) is 0 Å². The number of anilines is 1. The van der Waals surface area contributed by atoms with Gasteiger partial charge < -0.3 is 15.1 Å². The Labute approximate surface area is 108 Å². The van der Waals surface area contributed by atoms with E-state index in [1.165, 1.54) is 12.8 Å². The molecule has 18 heavy (non-hydrogen) atoms. The van der Waals surface area contributed by atoms with Gasteiger partial charge in [0, 0.05) is 19.7 Å². The zero-order valence-corrected chi connectivity index (χ0v) is 10.9. The van der Waals surface area contributed by atoms with Crippen molar-refractivity contribution in [2.75, 3.05) is 24.6 Å². The lowest BCUT2D eigenvalue weighted by Gasteiger charge is -2.34. The lowest BCUT2D eigenvalue weighted by atomic mass is 9.95. The van der Waals surface area contributed by atoms with E-state index in [1.807, 2.05) is 18.3 Å². The van der Waals surface area contributed by atoms with Gasteiger partial charge in [0.05, 0.1) is 23.7 Å². The fraction of sp³-hybridized carbons (Fsp3) is 0.643. The first-order valence-corrected chi connectivity index (χ1v) is 6.70. The molecule has 0 aromatic carbocycles. The fourth-order valence-electron chi connectivity index (χ4n) is 2.55. The van der Waals surface area contributed by atoms with E-state index in [0.717, 1.165) is 25.2 Å². The molecule has 0 bridgehead atoms. The van der Waals surface area contributed by atoms with Crippen molar-refractivity contribution in [1.82, 2.24) is 4.98 Å². The van der Waals surface area contributed by atoms with E-state index in [4.69, 9.17) is 5.11 Å². The zero-order chi connectivity index (χ0) is 13.0. The summed E-state index contributed by atoms with van der Waals surface area (Å²) >= 11 is 0. The highest BCUT2D eigenvalue weighted by Gasteiger charge is 2.19. The van der Waals surface area contributed by atoms with Crippen LogP contribution in [0, 0.1) is 5.92 Å². The van der Waals surface area contributed by atoms with Gasteiger partial charge in [-0.1, -0.05) is 0 Å². The normalized spacial score (nSPS) is 21.9. The third-order valence-electron chi connectivity index (χ3n) is 3.62. The van der Waals surface area contributed by atoms with Crippen molar-refractivity contribution in [3.8, 4) is 0 Å². The largest absolute Gasteiger partial charge is 0.396 e. The molecule has 0 spiro atoms. The number of aromatic nitrogens is 1. The number of hydrogen-bond acceptors (Lipinski definition) is 4. The van der Waals surface area contributed by atoms with Crippen LogP contribution in [0.25, 0.3) is 0 Å². The lowest BCUT2D eigenvalue weighted by molar-refractivity contribution is 0.194. The van der Waals surface area contributed by atoms with E-state index in [2.05, 4.69) is 9.88 Å². The lowest BCUT2D eigenvalue weighted by Crippen LogP contribution is -2.35. The number of aliphatic hydroxyl groups is 2. The second kappa shape index (κ2) is 6.16. The molecule has 2 atom stereocenters. The van der Waals surface area contributed by atoms with Crippen LogP contribution in [0.15, 0.2) is 18.3 Å². The molecule has 0 amide bonds. The Kier molecular flexibility index (Phi) is 4.55. The topological polar surface area (TPSA) is 56.6 Å². The van der Waals surface area contributed by atoms with Crippen molar-refractivity contribution < 1.29 is 10.2 Å². The van der Waals surface area contributed by atoms with E-state index in [9.17, 15) is 5.11 Å². The van der Waals surface area contributed by atoms with Crippen molar-refractivity contribution in [1.29, 1.82) is 0 Å². The molecule has 2 unspecified atom stereocenters. The molecule has 1 fully saturated rings. The molecule has 1 aromatic rings. The minimum atomic E-state index is -0.512. The minimum absolute atomic E-state index is 0.276. The van der Waals surface area contributed by atoms with Gasteiger partial charge in [-0.25, -0.2) is 0 Å². The summed E-state index contributed by atoms with van der Waals surface area (Å²) < 4.78 is 0. The molecule has 4 nitrogen and oxygen atoms in total. The van der Waals surface area contributed by atoms with Crippen molar-refractivity contribution in [2.24, 2.45) is 5.92 Å². The molecular formula is C14H22N2O2. The molecule has 1 aromatic heterocycles. The molecule has 2 N–H and O–H groups in total. The van der Waals surface area contributed by atoms with Crippen LogP contribution in [-0.4, -0.2) is 34.9 Å². The van der Waals surface area contributed by atoms with Crippen molar-refractivity contribution in [3.05, 3.63) is 24.0 Å². The highest BCUT2D eigenvalue weighted by atomic mass is 16.3. The summed E-state index contributed by atoms with van der Waals surface area (Å²) in [5.41, 5.74) is 1.82. The molecule has 2 rings (SSSR count). The monoisotopic (exact) mass is 250 g/mol. The van der Waals surface area contributed by atoms with Crippen LogP contribution in [-0.2, 0) is 0 Å². The van der Waals surface area contributed by atoms with E-state index in [0.29, 0.717) is 11.6 Å². The molecule has 0 aliphatic carbocycles. The van der Waals surface area contributed by atoms with Crippen LogP contribution >= 0.6 is 0 Å². The average Bonchev–Trinajstić information content (AvgIpc) is 2.39. The molecule has 1 aliphatic rings. The quantitative estimate of drug-likeness (QED) is 0.854.